The van der Waals surface area contributed by atoms with Gasteiger partial charge in [-0.2, -0.15) is 5.10 Å². The molecule has 1 amide bonds. The molecule has 0 radical (unpaired) electrons. The molecule has 1 aliphatic rings. The van der Waals surface area contributed by atoms with E-state index in [4.69, 9.17) is 0 Å². The van der Waals surface area contributed by atoms with Gasteiger partial charge in [0.25, 0.3) is 0 Å². The largest absolute Gasteiger partial charge is 0.309 e. The van der Waals surface area contributed by atoms with Crippen LogP contribution in [0.3, 0.4) is 0 Å². The van der Waals surface area contributed by atoms with E-state index in [0.717, 1.165) is 36.2 Å². The molecule has 5 rings (SSSR count). The number of pyridine rings is 1. The van der Waals surface area contributed by atoms with Gasteiger partial charge in [-0.05, 0) is 53.3 Å². The van der Waals surface area contributed by atoms with E-state index in [2.05, 4.69) is 63.8 Å². The average molecular weight is 382 g/mol. The highest BCUT2D eigenvalue weighted by molar-refractivity contribution is 5.95. The molecule has 5 nitrogen and oxygen atoms in total. The third-order valence-electron chi connectivity index (χ3n) is 5.74. The second-order valence-electron chi connectivity index (χ2n) is 7.58. The predicted molar refractivity (Wildman–Crippen MR) is 115 cm³/mol. The predicted octanol–water partition coefficient (Wildman–Crippen LogP) is 4.54. The van der Waals surface area contributed by atoms with Gasteiger partial charge in [0.2, 0.25) is 5.91 Å². The molecular formula is C24H22N4O. The van der Waals surface area contributed by atoms with Crippen molar-refractivity contribution in [2.75, 3.05) is 5.32 Å². The molecule has 2 N–H and O–H groups in total. The Morgan fingerprint density at radius 1 is 1.14 bits per heavy atom. The summed E-state index contributed by atoms with van der Waals surface area (Å²) < 4.78 is 0. The zero-order valence-corrected chi connectivity index (χ0v) is 16.3. The number of nitrogens with one attached hydrogen (secondary N) is 2. The van der Waals surface area contributed by atoms with E-state index in [1.54, 1.807) is 6.20 Å². The first-order valence-corrected chi connectivity index (χ1v) is 10.0. The third kappa shape index (κ3) is 3.29. The van der Waals surface area contributed by atoms with Crippen LogP contribution in [0.4, 0.5) is 5.82 Å². The van der Waals surface area contributed by atoms with Gasteiger partial charge in [0.15, 0.2) is 5.82 Å². The maximum atomic E-state index is 12.9. The zero-order valence-electron chi connectivity index (χ0n) is 16.3. The molecule has 5 heteroatoms. The number of fused-ring (bicyclic) bond motifs is 3. The average Bonchev–Trinajstić information content (AvgIpc) is 3.41. The Labute approximate surface area is 169 Å². The number of nitrogens with zero attached hydrogens (tertiary/aromatic N) is 2. The number of hydrogen-bond donors (Lipinski definition) is 2. The fourth-order valence-corrected chi connectivity index (χ4v) is 4.18. The van der Waals surface area contributed by atoms with Crippen LogP contribution in [0.25, 0.3) is 22.0 Å². The van der Waals surface area contributed by atoms with E-state index >= 15 is 0 Å². The second kappa shape index (κ2) is 7.17. The minimum atomic E-state index is -0.0661. The van der Waals surface area contributed by atoms with E-state index in [1.807, 2.05) is 18.2 Å². The first kappa shape index (κ1) is 17.6. The molecule has 144 valence electrons. The summed E-state index contributed by atoms with van der Waals surface area (Å²) in [6, 6.07) is 18.5. The third-order valence-corrected chi connectivity index (χ3v) is 5.74. The number of H-pyrrole nitrogens is 1. The fourth-order valence-electron chi connectivity index (χ4n) is 4.18. The highest BCUT2D eigenvalue weighted by atomic mass is 16.2. The molecular weight excluding hydrogens is 360 g/mol. The number of benzene rings is 2. The molecule has 1 atom stereocenters. The molecule has 2 aromatic carbocycles. The van der Waals surface area contributed by atoms with Gasteiger partial charge in [-0.3, -0.25) is 14.9 Å². The lowest BCUT2D eigenvalue weighted by Crippen LogP contribution is -2.23. The van der Waals surface area contributed by atoms with Crippen LogP contribution in [-0.4, -0.2) is 21.1 Å². The van der Waals surface area contributed by atoms with Gasteiger partial charge >= 0.3 is 0 Å². The number of hydrogen-bond acceptors (Lipinski definition) is 3. The van der Waals surface area contributed by atoms with Crippen molar-refractivity contribution in [3.05, 3.63) is 77.6 Å². The standard InChI is InChI=1S/C24H22N4O/c1-2-19-12-17(9-10-25-19)22-14-23(28-27-22)26-24(29)18-11-16-8-7-15-5-3-4-6-20(15)21(16)13-18/h3-10,12,14,18H,2,11,13H2,1H3,(H2,26,27,28,29)/t18-/m0/s1. The molecule has 4 aromatic rings. The SMILES string of the molecule is CCc1cc(-c2cc(NC(=O)[C@H]3Cc4ccc5ccccc5c4C3)n[nH]2)ccn1. The van der Waals surface area contributed by atoms with Crippen LogP contribution in [0.2, 0.25) is 0 Å². The van der Waals surface area contributed by atoms with Crippen molar-refractivity contribution in [3.8, 4) is 11.3 Å². The normalized spacial score (nSPS) is 15.4. The van der Waals surface area contributed by atoms with Gasteiger partial charge in [0.05, 0.1) is 5.69 Å². The number of carbonyl (C=O) groups excluding carboxylic acids is 1. The Morgan fingerprint density at radius 2 is 2.03 bits per heavy atom. The van der Waals surface area contributed by atoms with E-state index in [1.165, 1.54) is 21.9 Å². The van der Waals surface area contributed by atoms with Crippen molar-refractivity contribution in [2.24, 2.45) is 5.92 Å². The van der Waals surface area contributed by atoms with Crippen LogP contribution in [0.5, 0.6) is 0 Å². The van der Waals surface area contributed by atoms with E-state index in [9.17, 15) is 4.79 Å². The van der Waals surface area contributed by atoms with Crippen LogP contribution in [0.15, 0.2) is 60.8 Å². The Morgan fingerprint density at radius 3 is 2.93 bits per heavy atom. The molecule has 2 heterocycles. The van der Waals surface area contributed by atoms with Gasteiger partial charge < -0.3 is 5.32 Å². The Balaban J connectivity index is 1.32. The quantitative estimate of drug-likeness (QED) is 0.544. The summed E-state index contributed by atoms with van der Waals surface area (Å²) >= 11 is 0. The van der Waals surface area contributed by atoms with Crippen molar-refractivity contribution < 1.29 is 4.79 Å². The number of aromatic nitrogens is 3. The summed E-state index contributed by atoms with van der Waals surface area (Å²) in [5.41, 5.74) is 5.49. The molecule has 29 heavy (non-hydrogen) atoms. The smallest absolute Gasteiger partial charge is 0.229 e. The number of rotatable bonds is 4. The Kier molecular flexibility index (Phi) is 4.35. The highest BCUT2D eigenvalue weighted by Crippen LogP contribution is 2.33. The minimum absolute atomic E-state index is 0.0207. The van der Waals surface area contributed by atoms with Crippen LogP contribution >= 0.6 is 0 Å². The molecule has 0 saturated heterocycles. The van der Waals surface area contributed by atoms with Gasteiger partial charge in [-0.1, -0.05) is 43.3 Å². The zero-order chi connectivity index (χ0) is 19.8. The molecule has 0 aliphatic heterocycles. The molecule has 2 aromatic heterocycles. The maximum absolute atomic E-state index is 12.9. The first-order valence-electron chi connectivity index (χ1n) is 10.0. The van der Waals surface area contributed by atoms with Crippen molar-refractivity contribution >= 4 is 22.5 Å². The topological polar surface area (TPSA) is 70.7 Å². The van der Waals surface area contributed by atoms with Gasteiger partial charge in [-0.25, -0.2) is 0 Å². The van der Waals surface area contributed by atoms with E-state index < -0.39 is 0 Å². The van der Waals surface area contributed by atoms with Crippen LogP contribution in [0, 0.1) is 5.92 Å². The lowest BCUT2D eigenvalue weighted by Gasteiger charge is -2.08. The molecule has 0 bridgehead atoms. The molecule has 1 aliphatic carbocycles. The van der Waals surface area contributed by atoms with Gasteiger partial charge in [0.1, 0.15) is 0 Å². The Bertz CT molecular complexity index is 1210. The van der Waals surface area contributed by atoms with Crippen molar-refractivity contribution in [1.29, 1.82) is 0 Å². The summed E-state index contributed by atoms with van der Waals surface area (Å²) in [5, 5.41) is 12.8. The van der Waals surface area contributed by atoms with E-state index in [0.29, 0.717) is 5.82 Å². The first-order chi connectivity index (χ1) is 14.2. The van der Waals surface area contributed by atoms with Crippen LogP contribution in [0.1, 0.15) is 23.7 Å². The monoisotopic (exact) mass is 382 g/mol. The lowest BCUT2D eigenvalue weighted by atomic mass is 10.0. The summed E-state index contributed by atoms with van der Waals surface area (Å²) in [4.78, 5) is 17.2. The summed E-state index contributed by atoms with van der Waals surface area (Å²) in [6.07, 6.45) is 4.22. The van der Waals surface area contributed by atoms with Crippen LogP contribution in [-0.2, 0) is 24.1 Å². The van der Waals surface area contributed by atoms with E-state index in [-0.39, 0.29) is 11.8 Å². The molecule has 0 fully saturated rings. The summed E-state index contributed by atoms with van der Waals surface area (Å²) in [6.45, 7) is 2.08. The minimum Gasteiger partial charge on any atom is -0.309 e. The molecule has 0 saturated carbocycles. The van der Waals surface area contributed by atoms with Crippen molar-refractivity contribution in [2.45, 2.75) is 26.2 Å². The van der Waals surface area contributed by atoms with Crippen molar-refractivity contribution in [3.63, 3.8) is 0 Å². The second-order valence-corrected chi connectivity index (χ2v) is 7.58. The fraction of sp³-hybridized carbons (Fsp3) is 0.208. The summed E-state index contributed by atoms with van der Waals surface area (Å²) in [7, 11) is 0. The Hall–Kier alpha value is -3.47. The number of anilines is 1. The number of aromatic amines is 1. The van der Waals surface area contributed by atoms with Crippen LogP contribution < -0.4 is 5.32 Å². The van der Waals surface area contributed by atoms with Gasteiger partial charge in [0, 0.05) is 29.4 Å². The molecule has 0 unspecified atom stereocenters. The van der Waals surface area contributed by atoms with Gasteiger partial charge in [-0.15, -0.1) is 0 Å². The number of carbonyl (C=O) groups is 1. The highest BCUT2D eigenvalue weighted by Gasteiger charge is 2.29. The maximum Gasteiger partial charge on any atom is 0.229 e. The number of amides is 1. The van der Waals surface area contributed by atoms with Crippen molar-refractivity contribution in [1.82, 2.24) is 15.2 Å². The molecule has 0 spiro atoms. The lowest BCUT2D eigenvalue weighted by molar-refractivity contribution is -0.119. The number of aryl methyl sites for hydroxylation is 1. The summed E-state index contributed by atoms with van der Waals surface area (Å²) in [5.74, 6) is 0.511.